The summed E-state index contributed by atoms with van der Waals surface area (Å²) >= 11 is 6.03. The molecule has 0 radical (unpaired) electrons. The van der Waals surface area contributed by atoms with Crippen molar-refractivity contribution in [1.82, 2.24) is 14.6 Å². The molecule has 16 heavy (non-hydrogen) atoms. The van der Waals surface area contributed by atoms with Gasteiger partial charge in [-0.05, 0) is 13.8 Å². The molecule has 0 N–H and O–H groups in total. The summed E-state index contributed by atoms with van der Waals surface area (Å²) < 4.78 is 6.08. The van der Waals surface area contributed by atoms with Gasteiger partial charge in [-0.2, -0.15) is 5.10 Å². The molecule has 0 aromatic carbocycles. The first kappa shape index (κ1) is 10.9. The van der Waals surface area contributed by atoms with E-state index in [2.05, 4.69) is 14.8 Å². The monoisotopic (exact) mass is 239 g/mol. The lowest BCUT2D eigenvalue weighted by Crippen LogP contribution is -2.12. The summed E-state index contributed by atoms with van der Waals surface area (Å²) in [6.45, 7) is 3.55. The zero-order valence-electron chi connectivity index (χ0n) is 9.11. The van der Waals surface area contributed by atoms with Crippen molar-refractivity contribution in [2.45, 2.75) is 13.8 Å². The molecular formula is C10H10ClN3O2. The zero-order chi connectivity index (χ0) is 11.9. The fourth-order valence-corrected chi connectivity index (χ4v) is 1.69. The third-order valence-electron chi connectivity index (χ3n) is 2.21. The predicted octanol–water partition coefficient (Wildman–Crippen LogP) is 1.79. The number of aryl methyl sites for hydroxylation is 2. The maximum absolute atomic E-state index is 11.6. The average molecular weight is 240 g/mol. The van der Waals surface area contributed by atoms with Crippen LogP contribution in [0.5, 0.6) is 0 Å². The topological polar surface area (TPSA) is 56.5 Å². The average Bonchev–Trinajstić information content (AvgIpc) is 2.59. The summed E-state index contributed by atoms with van der Waals surface area (Å²) in [6, 6.07) is 1.77. The highest BCUT2D eigenvalue weighted by molar-refractivity contribution is 6.33. The number of aromatic nitrogens is 3. The Morgan fingerprint density at radius 2 is 2.19 bits per heavy atom. The molecule has 0 aliphatic rings. The Labute approximate surface area is 97.0 Å². The largest absolute Gasteiger partial charge is 0.464 e. The lowest BCUT2D eigenvalue weighted by atomic mass is 10.3. The molecule has 0 bridgehead atoms. The number of esters is 1. The number of ether oxygens (including phenoxy) is 1. The van der Waals surface area contributed by atoms with E-state index in [0.717, 1.165) is 5.69 Å². The maximum Gasteiger partial charge on any atom is 0.358 e. The van der Waals surface area contributed by atoms with Crippen LogP contribution < -0.4 is 0 Å². The Morgan fingerprint density at radius 3 is 2.81 bits per heavy atom. The van der Waals surface area contributed by atoms with Crippen LogP contribution in [0.15, 0.2) is 6.07 Å². The van der Waals surface area contributed by atoms with Gasteiger partial charge in [0.15, 0.2) is 11.3 Å². The normalized spacial score (nSPS) is 10.8. The van der Waals surface area contributed by atoms with Crippen LogP contribution in [0.2, 0.25) is 5.02 Å². The van der Waals surface area contributed by atoms with Crippen molar-refractivity contribution < 1.29 is 9.53 Å². The fourth-order valence-electron chi connectivity index (χ4n) is 1.49. The third kappa shape index (κ3) is 1.53. The van der Waals surface area contributed by atoms with Gasteiger partial charge >= 0.3 is 5.97 Å². The Morgan fingerprint density at radius 1 is 1.50 bits per heavy atom. The third-order valence-corrected chi connectivity index (χ3v) is 2.66. The van der Waals surface area contributed by atoms with E-state index in [9.17, 15) is 4.79 Å². The highest BCUT2D eigenvalue weighted by atomic mass is 35.5. The van der Waals surface area contributed by atoms with E-state index in [0.29, 0.717) is 11.3 Å². The number of fused-ring (bicyclic) bond motifs is 1. The quantitative estimate of drug-likeness (QED) is 0.712. The SMILES string of the molecule is COC(=O)c1c(Cl)c(C)nc2cc(C)nn12. The first-order chi connectivity index (χ1) is 7.54. The highest BCUT2D eigenvalue weighted by Gasteiger charge is 2.19. The Hall–Kier alpha value is -1.62. The van der Waals surface area contributed by atoms with Crippen LogP contribution in [0.3, 0.4) is 0 Å². The van der Waals surface area contributed by atoms with Crippen LogP contribution in [0.25, 0.3) is 5.65 Å². The van der Waals surface area contributed by atoms with Gasteiger partial charge in [0.25, 0.3) is 0 Å². The van der Waals surface area contributed by atoms with Gasteiger partial charge in [0, 0.05) is 6.07 Å². The Balaban J connectivity index is 2.86. The molecule has 0 atom stereocenters. The summed E-state index contributed by atoms with van der Waals surface area (Å²) in [5.41, 5.74) is 2.13. The van der Waals surface area contributed by atoms with Crippen molar-refractivity contribution in [2.75, 3.05) is 7.11 Å². The van der Waals surface area contributed by atoms with Gasteiger partial charge in [-0.3, -0.25) is 0 Å². The van der Waals surface area contributed by atoms with Crippen LogP contribution in [-0.2, 0) is 4.74 Å². The number of carbonyl (C=O) groups excluding carboxylic acids is 1. The molecule has 5 nitrogen and oxygen atoms in total. The van der Waals surface area contributed by atoms with E-state index in [1.807, 2.05) is 6.92 Å². The van der Waals surface area contributed by atoms with Gasteiger partial charge in [-0.15, -0.1) is 0 Å². The van der Waals surface area contributed by atoms with E-state index in [1.165, 1.54) is 11.6 Å². The second-order valence-electron chi connectivity index (χ2n) is 3.41. The summed E-state index contributed by atoms with van der Waals surface area (Å²) in [4.78, 5) is 15.8. The molecule has 2 rings (SSSR count). The second kappa shape index (κ2) is 3.75. The molecule has 2 heterocycles. The number of halogens is 1. The standard InChI is InChI=1S/C10H10ClN3O2/c1-5-4-7-12-6(2)8(11)9(10(15)16-3)14(7)13-5/h4H,1-3H3. The Bertz CT molecular complexity index is 577. The van der Waals surface area contributed by atoms with Crippen molar-refractivity contribution in [3.63, 3.8) is 0 Å². The second-order valence-corrected chi connectivity index (χ2v) is 3.79. The molecule has 0 saturated carbocycles. The number of hydrogen-bond donors (Lipinski definition) is 0. The van der Waals surface area contributed by atoms with Crippen LogP contribution in [-0.4, -0.2) is 27.7 Å². The number of hydrogen-bond acceptors (Lipinski definition) is 4. The molecule has 0 spiro atoms. The molecule has 6 heteroatoms. The lowest BCUT2D eigenvalue weighted by Gasteiger charge is -2.06. The molecule has 0 aliphatic heterocycles. The van der Waals surface area contributed by atoms with Gasteiger partial charge in [0.2, 0.25) is 0 Å². The summed E-state index contributed by atoms with van der Waals surface area (Å²) in [5.74, 6) is -0.524. The first-order valence-electron chi connectivity index (χ1n) is 4.65. The van der Waals surface area contributed by atoms with Crippen molar-refractivity contribution >= 4 is 23.2 Å². The van der Waals surface area contributed by atoms with E-state index in [4.69, 9.17) is 11.6 Å². The van der Waals surface area contributed by atoms with Crippen molar-refractivity contribution in [3.8, 4) is 0 Å². The number of rotatable bonds is 1. The molecule has 0 amide bonds. The fraction of sp³-hybridized carbons (Fsp3) is 0.300. The molecular weight excluding hydrogens is 230 g/mol. The van der Waals surface area contributed by atoms with Gasteiger partial charge < -0.3 is 4.74 Å². The molecule has 0 saturated heterocycles. The molecule has 2 aromatic rings. The van der Waals surface area contributed by atoms with Gasteiger partial charge in [0.1, 0.15) is 0 Å². The summed E-state index contributed by atoms with van der Waals surface area (Å²) in [7, 11) is 1.30. The number of methoxy groups -OCH3 is 1. The maximum atomic E-state index is 11.6. The minimum Gasteiger partial charge on any atom is -0.464 e. The molecule has 0 fully saturated rings. The van der Waals surface area contributed by atoms with Crippen LogP contribution in [0.1, 0.15) is 21.9 Å². The smallest absolute Gasteiger partial charge is 0.358 e. The van der Waals surface area contributed by atoms with Gasteiger partial charge in [-0.25, -0.2) is 14.3 Å². The van der Waals surface area contributed by atoms with E-state index in [-0.39, 0.29) is 10.7 Å². The van der Waals surface area contributed by atoms with E-state index < -0.39 is 5.97 Å². The van der Waals surface area contributed by atoms with Crippen LogP contribution in [0.4, 0.5) is 0 Å². The Kier molecular flexibility index (Phi) is 2.55. The molecule has 84 valence electrons. The predicted molar refractivity (Wildman–Crippen MR) is 58.8 cm³/mol. The van der Waals surface area contributed by atoms with Crippen LogP contribution in [0, 0.1) is 13.8 Å². The van der Waals surface area contributed by atoms with Crippen molar-refractivity contribution in [1.29, 1.82) is 0 Å². The molecule has 0 aliphatic carbocycles. The lowest BCUT2D eigenvalue weighted by molar-refractivity contribution is 0.0590. The van der Waals surface area contributed by atoms with E-state index >= 15 is 0 Å². The van der Waals surface area contributed by atoms with Crippen LogP contribution >= 0.6 is 11.6 Å². The van der Waals surface area contributed by atoms with Crippen molar-refractivity contribution in [2.24, 2.45) is 0 Å². The van der Waals surface area contributed by atoms with Gasteiger partial charge in [-0.1, -0.05) is 11.6 Å². The first-order valence-corrected chi connectivity index (χ1v) is 5.03. The number of nitrogens with zero attached hydrogens (tertiary/aromatic N) is 3. The van der Waals surface area contributed by atoms with Crippen molar-refractivity contribution in [3.05, 3.63) is 28.2 Å². The number of carbonyl (C=O) groups is 1. The summed E-state index contributed by atoms with van der Waals surface area (Å²) in [5, 5.41) is 4.42. The molecule has 0 unspecified atom stereocenters. The molecule has 2 aromatic heterocycles. The minimum atomic E-state index is -0.524. The van der Waals surface area contributed by atoms with Gasteiger partial charge in [0.05, 0.1) is 23.5 Å². The van der Waals surface area contributed by atoms with E-state index in [1.54, 1.807) is 13.0 Å². The minimum absolute atomic E-state index is 0.208. The zero-order valence-corrected chi connectivity index (χ0v) is 9.87. The highest BCUT2D eigenvalue weighted by Crippen LogP contribution is 2.21. The summed E-state index contributed by atoms with van der Waals surface area (Å²) in [6.07, 6.45) is 0.